The summed E-state index contributed by atoms with van der Waals surface area (Å²) in [7, 11) is 0. The van der Waals surface area contributed by atoms with Gasteiger partial charge in [-0.1, -0.05) is 6.92 Å². The molecule has 4 nitrogen and oxygen atoms in total. The summed E-state index contributed by atoms with van der Waals surface area (Å²) < 4.78 is 24.1. The molecule has 0 aromatic heterocycles. The van der Waals surface area contributed by atoms with E-state index in [9.17, 15) is 13.6 Å². The predicted molar refractivity (Wildman–Crippen MR) is 47.9 cm³/mol. The summed E-state index contributed by atoms with van der Waals surface area (Å²) in [5.41, 5.74) is 5.24. The number of aliphatic hydroxyl groups excluding tert-OH is 1. The van der Waals surface area contributed by atoms with E-state index in [-0.39, 0.29) is 19.7 Å². The third kappa shape index (κ3) is 4.48. The summed E-state index contributed by atoms with van der Waals surface area (Å²) in [6, 6.07) is 0. The van der Waals surface area contributed by atoms with Crippen molar-refractivity contribution in [3.8, 4) is 0 Å². The topological polar surface area (TPSA) is 66.6 Å². The maximum atomic E-state index is 12.0. The molecule has 0 radical (unpaired) electrons. The van der Waals surface area contributed by atoms with E-state index in [0.29, 0.717) is 0 Å². The van der Waals surface area contributed by atoms with Gasteiger partial charge in [0.15, 0.2) is 0 Å². The molecule has 1 atom stereocenters. The van der Waals surface area contributed by atoms with Crippen molar-refractivity contribution in [3.63, 3.8) is 0 Å². The van der Waals surface area contributed by atoms with Crippen molar-refractivity contribution in [2.24, 2.45) is 11.7 Å². The third-order valence-electron chi connectivity index (χ3n) is 1.82. The molecule has 3 N–H and O–H groups in total. The first-order valence-corrected chi connectivity index (χ1v) is 4.40. The van der Waals surface area contributed by atoms with Crippen LogP contribution in [0.3, 0.4) is 0 Å². The third-order valence-corrected chi connectivity index (χ3v) is 1.82. The van der Waals surface area contributed by atoms with Crippen molar-refractivity contribution in [1.82, 2.24) is 4.90 Å². The number of alkyl halides is 2. The van der Waals surface area contributed by atoms with E-state index < -0.39 is 24.8 Å². The highest BCUT2D eigenvalue weighted by Gasteiger charge is 2.21. The molecule has 6 heteroatoms. The Labute approximate surface area is 81.7 Å². The van der Waals surface area contributed by atoms with Gasteiger partial charge in [-0.2, -0.15) is 0 Å². The van der Waals surface area contributed by atoms with Gasteiger partial charge in [0.25, 0.3) is 6.43 Å². The van der Waals surface area contributed by atoms with Crippen molar-refractivity contribution in [3.05, 3.63) is 0 Å². The summed E-state index contributed by atoms with van der Waals surface area (Å²) in [6.45, 7) is 0.634. The van der Waals surface area contributed by atoms with E-state index in [1.165, 1.54) is 0 Å². The summed E-state index contributed by atoms with van der Waals surface area (Å²) >= 11 is 0. The van der Waals surface area contributed by atoms with E-state index in [1.807, 2.05) is 0 Å². The lowest BCUT2D eigenvalue weighted by Crippen LogP contribution is -2.42. The molecule has 0 aliphatic carbocycles. The van der Waals surface area contributed by atoms with E-state index >= 15 is 0 Å². The summed E-state index contributed by atoms with van der Waals surface area (Å²) in [6.07, 6.45) is -2.59. The van der Waals surface area contributed by atoms with Crippen LogP contribution in [0.2, 0.25) is 0 Å². The van der Waals surface area contributed by atoms with Crippen molar-refractivity contribution >= 4 is 5.91 Å². The average molecular weight is 210 g/mol. The highest BCUT2D eigenvalue weighted by atomic mass is 19.3. The second kappa shape index (κ2) is 6.67. The molecule has 0 saturated carbocycles. The zero-order chi connectivity index (χ0) is 11.1. The summed E-state index contributed by atoms with van der Waals surface area (Å²) in [5.74, 6) is -0.929. The fourth-order valence-electron chi connectivity index (χ4n) is 0.991. The molecule has 0 rings (SSSR count). The number of carbonyl (C=O) groups excluding carboxylic acids is 1. The first-order chi connectivity index (χ1) is 6.52. The smallest absolute Gasteiger partial charge is 0.255 e. The Morgan fingerprint density at radius 2 is 2.14 bits per heavy atom. The van der Waals surface area contributed by atoms with E-state index in [4.69, 9.17) is 10.8 Å². The predicted octanol–water partition coefficient (Wildman–Crippen LogP) is -0.333. The number of nitrogens with zero attached hydrogens (tertiary/aromatic N) is 1. The van der Waals surface area contributed by atoms with Crippen LogP contribution in [0, 0.1) is 5.92 Å². The monoisotopic (exact) mass is 210 g/mol. The molecule has 0 saturated heterocycles. The lowest BCUT2D eigenvalue weighted by atomic mass is 10.1. The molecular formula is C8H16F2N2O2. The zero-order valence-corrected chi connectivity index (χ0v) is 8.12. The molecule has 84 valence electrons. The van der Waals surface area contributed by atoms with Crippen molar-refractivity contribution in [2.45, 2.75) is 13.3 Å². The Hall–Kier alpha value is -0.750. The van der Waals surface area contributed by atoms with E-state index in [1.54, 1.807) is 6.92 Å². The normalized spacial score (nSPS) is 13.0. The minimum absolute atomic E-state index is 0.0759. The van der Waals surface area contributed by atoms with Crippen LogP contribution in [0.5, 0.6) is 0 Å². The van der Waals surface area contributed by atoms with Gasteiger partial charge >= 0.3 is 0 Å². The van der Waals surface area contributed by atoms with Crippen LogP contribution in [0.4, 0.5) is 8.78 Å². The van der Waals surface area contributed by atoms with Crippen LogP contribution in [0.15, 0.2) is 0 Å². The minimum Gasteiger partial charge on any atom is -0.395 e. The van der Waals surface area contributed by atoms with Gasteiger partial charge in [0.2, 0.25) is 5.91 Å². The Kier molecular flexibility index (Phi) is 6.31. The number of hydrogen-bond acceptors (Lipinski definition) is 3. The number of carbonyl (C=O) groups is 1. The molecule has 0 bridgehead atoms. The fraction of sp³-hybridized carbons (Fsp3) is 0.875. The van der Waals surface area contributed by atoms with Gasteiger partial charge in [0.05, 0.1) is 13.2 Å². The summed E-state index contributed by atoms with van der Waals surface area (Å²) in [5, 5.41) is 8.58. The van der Waals surface area contributed by atoms with Gasteiger partial charge in [-0.05, 0) is 0 Å². The first-order valence-electron chi connectivity index (χ1n) is 4.40. The van der Waals surface area contributed by atoms with Crippen LogP contribution in [0.25, 0.3) is 0 Å². The Bertz CT molecular complexity index is 179. The van der Waals surface area contributed by atoms with Gasteiger partial charge < -0.3 is 15.7 Å². The molecule has 0 aliphatic heterocycles. The number of nitrogens with two attached hydrogens (primary N) is 1. The molecule has 0 fully saturated rings. The molecule has 1 amide bonds. The van der Waals surface area contributed by atoms with Gasteiger partial charge in [0, 0.05) is 19.0 Å². The van der Waals surface area contributed by atoms with Crippen molar-refractivity contribution in [2.75, 3.05) is 26.2 Å². The number of amides is 1. The number of aliphatic hydroxyl groups is 1. The SMILES string of the molecule is CC(CN)C(=O)N(CCO)CC(F)F. The van der Waals surface area contributed by atoms with Crippen LogP contribution in [-0.2, 0) is 4.79 Å². The fourth-order valence-corrected chi connectivity index (χ4v) is 0.991. The number of hydrogen-bond donors (Lipinski definition) is 2. The average Bonchev–Trinajstić information content (AvgIpc) is 2.14. The minimum atomic E-state index is -2.59. The Morgan fingerprint density at radius 1 is 1.57 bits per heavy atom. The Morgan fingerprint density at radius 3 is 2.50 bits per heavy atom. The van der Waals surface area contributed by atoms with E-state index in [0.717, 1.165) is 4.90 Å². The standard InChI is InChI=1S/C8H16F2N2O2/c1-6(4-11)8(14)12(2-3-13)5-7(9)10/h6-7,13H,2-5,11H2,1H3. The molecule has 0 heterocycles. The highest BCUT2D eigenvalue weighted by molar-refractivity contribution is 5.78. The highest BCUT2D eigenvalue weighted by Crippen LogP contribution is 2.04. The largest absolute Gasteiger partial charge is 0.395 e. The second-order valence-electron chi connectivity index (χ2n) is 3.04. The zero-order valence-electron chi connectivity index (χ0n) is 8.12. The van der Waals surface area contributed by atoms with Gasteiger partial charge in [-0.15, -0.1) is 0 Å². The van der Waals surface area contributed by atoms with Crippen molar-refractivity contribution in [1.29, 1.82) is 0 Å². The quantitative estimate of drug-likeness (QED) is 0.630. The van der Waals surface area contributed by atoms with Gasteiger partial charge in [-0.25, -0.2) is 8.78 Å². The number of halogens is 2. The number of rotatable bonds is 6. The van der Waals surface area contributed by atoms with E-state index in [2.05, 4.69) is 0 Å². The molecule has 0 aromatic rings. The molecule has 0 spiro atoms. The van der Waals surface area contributed by atoms with Crippen molar-refractivity contribution < 1.29 is 18.7 Å². The maximum Gasteiger partial charge on any atom is 0.255 e. The second-order valence-corrected chi connectivity index (χ2v) is 3.04. The lowest BCUT2D eigenvalue weighted by Gasteiger charge is -2.24. The first kappa shape index (κ1) is 13.2. The molecular weight excluding hydrogens is 194 g/mol. The maximum absolute atomic E-state index is 12.0. The molecule has 14 heavy (non-hydrogen) atoms. The van der Waals surface area contributed by atoms with Crippen LogP contribution in [-0.4, -0.2) is 48.6 Å². The molecule has 1 unspecified atom stereocenters. The Balaban J connectivity index is 4.24. The molecule has 0 aliphatic rings. The van der Waals surface area contributed by atoms with Gasteiger partial charge in [-0.3, -0.25) is 4.79 Å². The lowest BCUT2D eigenvalue weighted by molar-refractivity contribution is -0.137. The van der Waals surface area contributed by atoms with Crippen LogP contribution in [0.1, 0.15) is 6.92 Å². The summed E-state index contributed by atoms with van der Waals surface area (Å²) in [4.78, 5) is 12.3. The molecule has 0 aromatic carbocycles. The van der Waals surface area contributed by atoms with Crippen LogP contribution < -0.4 is 5.73 Å². The van der Waals surface area contributed by atoms with Gasteiger partial charge in [0.1, 0.15) is 0 Å². The van der Waals surface area contributed by atoms with Crippen LogP contribution >= 0.6 is 0 Å².